The predicted octanol–water partition coefficient (Wildman–Crippen LogP) is 2.60. The molecule has 1 N–H and O–H groups in total. The lowest BCUT2D eigenvalue weighted by Crippen LogP contribution is -2.42. The summed E-state index contributed by atoms with van der Waals surface area (Å²) in [6.45, 7) is 0. The van der Waals surface area contributed by atoms with Crippen LogP contribution in [0.1, 0.15) is 24.3 Å². The van der Waals surface area contributed by atoms with Crippen molar-refractivity contribution in [1.29, 1.82) is 0 Å². The largest absolute Gasteiger partial charge is 0.497 e. The molecule has 2 heterocycles. The van der Waals surface area contributed by atoms with Crippen LogP contribution in [-0.2, 0) is 7.05 Å². The van der Waals surface area contributed by atoms with Crippen LogP contribution in [0, 0.1) is 0 Å². The van der Waals surface area contributed by atoms with Gasteiger partial charge in [-0.3, -0.25) is 9.67 Å². The fourth-order valence-electron chi connectivity index (χ4n) is 3.49. The minimum atomic E-state index is 0.469. The number of nitrogens with zero attached hydrogens (tertiary/aromatic N) is 5. The normalized spacial score (nSPS) is 19.5. The zero-order chi connectivity index (χ0) is 17.4. The summed E-state index contributed by atoms with van der Waals surface area (Å²) in [6.07, 6.45) is 5.81. The van der Waals surface area contributed by atoms with Crippen molar-refractivity contribution in [2.24, 2.45) is 7.05 Å². The lowest BCUT2D eigenvalue weighted by atomic mass is 9.75. The molecule has 25 heavy (non-hydrogen) atoms. The molecule has 1 saturated carbocycles. The van der Waals surface area contributed by atoms with Crippen LogP contribution in [-0.4, -0.2) is 45.2 Å². The molecule has 0 atom stereocenters. The van der Waals surface area contributed by atoms with Gasteiger partial charge < -0.3 is 9.64 Å². The molecule has 0 radical (unpaired) electrons. The van der Waals surface area contributed by atoms with Crippen LogP contribution >= 0.6 is 0 Å². The Labute approximate surface area is 146 Å². The summed E-state index contributed by atoms with van der Waals surface area (Å²) in [6, 6.07) is 8.84. The third-order valence-electron chi connectivity index (χ3n) is 5.15. The van der Waals surface area contributed by atoms with Gasteiger partial charge in [0.25, 0.3) is 0 Å². The standard InChI is InChI=1S/C18H22N6O/c1-23(18-22-21-17(24(18)2)14-10-19-20-11-14)15-7-13(8-15)12-5-4-6-16(9-12)25-3/h4-6,9-11,13,15H,7-8H2,1-3H3,(H,19,20). The molecule has 7 nitrogen and oxygen atoms in total. The minimum Gasteiger partial charge on any atom is -0.497 e. The first-order chi connectivity index (χ1) is 12.2. The Morgan fingerprint density at radius 3 is 2.84 bits per heavy atom. The van der Waals surface area contributed by atoms with Crippen LogP contribution in [0.2, 0.25) is 0 Å². The summed E-state index contributed by atoms with van der Waals surface area (Å²) >= 11 is 0. The van der Waals surface area contributed by atoms with E-state index in [9.17, 15) is 0 Å². The fraction of sp³-hybridized carbons (Fsp3) is 0.389. The molecule has 0 amide bonds. The molecule has 0 bridgehead atoms. The van der Waals surface area contributed by atoms with Gasteiger partial charge in [0.1, 0.15) is 5.75 Å². The second kappa shape index (κ2) is 6.23. The highest BCUT2D eigenvalue weighted by Crippen LogP contribution is 2.41. The number of hydrogen-bond acceptors (Lipinski definition) is 5. The monoisotopic (exact) mass is 338 g/mol. The van der Waals surface area contributed by atoms with E-state index in [-0.39, 0.29) is 0 Å². The number of aromatic nitrogens is 5. The second-order valence-electron chi connectivity index (χ2n) is 6.58. The second-order valence-corrected chi connectivity index (χ2v) is 6.58. The van der Waals surface area contributed by atoms with E-state index in [4.69, 9.17) is 4.74 Å². The number of anilines is 1. The summed E-state index contributed by atoms with van der Waals surface area (Å²) in [5.74, 6) is 3.20. The average Bonchev–Trinajstić information content (AvgIpc) is 3.23. The Bertz CT molecular complexity index is 850. The van der Waals surface area contributed by atoms with Gasteiger partial charge >= 0.3 is 0 Å². The first kappa shape index (κ1) is 15.7. The SMILES string of the molecule is COc1cccc(C2CC(N(C)c3nnc(-c4cn[nH]c4)n3C)C2)c1. The lowest BCUT2D eigenvalue weighted by molar-refractivity contribution is 0.334. The Morgan fingerprint density at radius 2 is 2.12 bits per heavy atom. The van der Waals surface area contributed by atoms with Crippen molar-refractivity contribution in [1.82, 2.24) is 25.0 Å². The van der Waals surface area contributed by atoms with Crippen molar-refractivity contribution in [3.8, 4) is 17.1 Å². The van der Waals surface area contributed by atoms with Gasteiger partial charge in [0.15, 0.2) is 5.82 Å². The third-order valence-corrected chi connectivity index (χ3v) is 5.15. The summed E-state index contributed by atoms with van der Waals surface area (Å²) in [5, 5.41) is 15.5. The van der Waals surface area contributed by atoms with E-state index in [1.165, 1.54) is 5.56 Å². The summed E-state index contributed by atoms with van der Waals surface area (Å²) in [4.78, 5) is 2.23. The zero-order valence-corrected chi connectivity index (χ0v) is 14.7. The number of H-pyrrole nitrogens is 1. The first-order valence-corrected chi connectivity index (χ1v) is 8.42. The van der Waals surface area contributed by atoms with E-state index in [0.29, 0.717) is 12.0 Å². The average molecular weight is 338 g/mol. The highest BCUT2D eigenvalue weighted by molar-refractivity contribution is 5.55. The molecule has 1 aromatic carbocycles. The molecule has 4 rings (SSSR count). The molecule has 0 unspecified atom stereocenters. The van der Waals surface area contributed by atoms with E-state index in [1.807, 2.05) is 23.9 Å². The van der Waals surface area contributed by atoms with E-state index >= 15 is 0 Å². The molecule has 130 valence electrons. The van der Waals surface area contributed by atoms with Crippen molar-refractivity contribution in [3.05, 3.63) is 42.2 Å². The molecule has 2 aromatic heterocycles. The smallest absolute Gasteiger partial charge is 0.227 e. The van der Waals surface area contributed by atoms with Crippen molar-refractivity contribution in [2.75, 3.05) is 19.1 Å². The molecular formula is C18H22N6O. The number of nitrogens with one attached hydrogen (secondary N) is 1. The van der Waals surface area contributed by atoms with Crippen LogP contribution in [0.4, 0.5) is 5.95 Å². The maximum Gasteiger partial charge on any atom is 0.227 e. The minimum absolute atomic E-state index is 0.469. The highest BCUT2D eigenvalue weighted by Gasteiger charge is 2.35. The Kier molecular flexibility index (Phi) is 3.91. The number of benzene rings is 1. The molecule has 3 aromatic rings. The molecule has 1 fully saturated rings. The fourth-order valence-corrected chi connectivity index (χ4v) is 3.49. The van der Waals surface area contributed by atoms with E-state index in [1.54, 1.807) is 13.3 Å². The van der Waals surface area contributed by atoms with Crippen LogP contribution in [0.3, 0.4) is 0 Å². The van der Waals surface area contributed by atoms with Gasteiger partial charge in [0, 0.05) is 26.3 Å². The van der Waals surface area contributed by atoms with Crippen molar-refractivity contribution >= 4 is 5.95 Å². The summed E-state index contributed by atoms with van der Waals surface area (Å²) < 4.78 is 7.35. The lowest BCUT2D eigenvalue weighted by Gasteiger charge is -2.41. The van der Waals surface area contributed by atoms with Crippen molar-refractivity contribution < 1.29 is 4.74 Å². The molecule has 0 spiro atoms. The van der Waals surface area contributed by atoms with Gasteiger partial charge in [-0.25, -0.2) is 0 Å². The molecular weight excluding hydrogens is 316 g/mol. The molecule has 1 aliphatic carbocycles. The first-order valence-electron chi connectivity index (χ1n) is 8.42. The van der Waals surface area contributed by atoms with Crippen molar-refractivity contribution in [3.63, 3.8) is 0 Å². The number of rotatable bonds is 5. The predicted molar refractivity (Wildman–Crippen MR) is 95.7 cm³/mol. The van der Waals surface area contributed by atoms with Crippen LogP contribution in [0.15, 0.2) is 36.7 Å². The van der Waals surface area contributed by atoms with Gasteiger partial charge in [-0.05, 0) is 36.5 Å². The Morgan fingerprint density at radius 1 is 1.28 bits per heavy atom. The van der Waals surface area contributed by atoms with E-state index < -0.39 is 0 Å². The topological polar surface area (TPSA) is 71.9 Å². The van der Waals surface area contributed by atoms with Gasteiger partial charge in [-0.1, -0.05) is 12.1 Å². The molecule has 1 aliphatic rings. The maximum atomic E-state index is 5.33. The molecule has 0 aliphatic heterocycles. The van der Waals surface area contributed by atoms with Gasteiger partial charge in [0.2, 0.25) is 5.95 Å². The number of hydrogen-bond donors (Lipinski definition) is 1. The zero-order valence-electron chi connectivity index (χ0n) is 14.7. The maximum absolute atomic E-state index is 5.33. The number of ether oxygens (including phenoxy) is 1. The van der Waals surface area contributed by atoms with Crippen LogP contribution in [0.5, 0.6) is 5.75 Å². The van der Waals surface area contributed by atoms with Gasteiger partial charge in [-0.15, -0.1) is 10.2 Å². The number of methoxy groups -OCH3 is 1. The quantitative estimate of drug-likeness (QED) is 0.774. The van der Waals surface area contributed by atoms with Gasteiger partial charge in [0.05, 0.1) is 18.9 Å². The van der Waals surface area contributed by atoms with Gasteiger partial charge in [-0.2, -0.15) is 5.10 Å². The molecule has 7 heteroatoms. The van der Waals surface area contributed by atoms with E-state index in [2.05, 4.69) is 50.5 Å². The summed E-state index contributed by atoms with van der Waals surface area (Å²) in [5.41, 5.74) is 2.29. The Balaban J connectivity index is 1.46. The summed E-state index contributed by atoms with van der Waals surface area (Å²) in [7, 11) is 5.80. The van der Waals surface area contributed by atoms with Crippen LogP contribution in [0.25, 0.3) is 11.4 Å². The number of aromatic amines is 1. The third kappa shape index (κ3) is 2.75. The molecule has 0 saturated heterocycles. The van der Waals surface area contributed by atoms with Crippen LogP contribution < -0.4 is 9.64 Å². The van der Waals surface area contributed by atoms with Crippen molar-refractivity contribution in [2.45, 2.75) is 24.8 Å². The highest BCUT2D eigenvalue weighted by atomic mass is 16.5. The van der Waals surface area contributed by atoms with E-state index in [0.717, 1.165) is 35.9 Å². The Hall–Kier alpha value is -2.83.